The number of guanidine groups is 1. The smallest absolute Gasteiger partial charge is 0.188 e. The van der Waals surface area contributed by atoms with Crippen molar-refractivity contribution in [3.05, 3.63) is 35.9 Å². The van der Waals surface area contributed by atoms with E-state index in [0.29, 0.717) is 5.96 Å². The van der Waals surface area contributed by atoms with Crippen molar-refractivity contribution in [3.8, 4) is 0 Å². The van der Waals surface area contributed by atoms with Gasteiger partial charge in [0.2, 0.25) is 0 Å². The number of nitrogens with zero attached hydrogens (tertiary/aromatic N) is 1. The fraction of sp³-hybridized carbons (Fsp3) is 0.500. The van der Waals surface area contributed by atoms with Crippen LogP contribution in [0.1, 0.15) is 31.7 Å². The monoisotopic (exact) mass is 233 g/mol. The molecule has 1 rings (SSSR count). The lowest BCUT2D eigenvalue weighted by molar-refractivity contribution is 0.744. The van der Waals surface area contributed by atoms with Gasteiger partial charge in [-0.25, -0.2) is 0 Å². The zero-order chi connectivity index (χ0) is 12.3. The minimum atomic E-state index is 0.575. The molecule has 0 bridgehead atoms. The number of hydrogen-bond acceptors (Lipinski definition) is 1. The molecule has 17 heavy (non-hydrogen) atoms. The third kappa shape index (κ3) is 6.61. The predicted molar refractivity (Wildman–Crippen MR) is 74.2 cm³/mol. The van der Waals surface area contributed by atoms with Crippen LogP contribution in [0.2, 0.25) is 0 Å². The third-order valence-electron chi connectivity index (χ3n) is 2.58. The molecule has 3 N–H and O–H groups in total. The van der Waals surface area contributed by atoms with Crippen LogP contribution < -0.4 is 11.1 Å². The van der Waals surface area contributed by atoms with Crippen LogP contribution in [0.4, 0.5) is 0 Å². The van der Waals surface area contributed by atoms with Crippen molar-refractivity contribution in [2.24, 2.45) is 10.7 Å². The number of benzene rings is 1. The number of nitrogens with two attached hydrogens (primary N) is 1. The number of aryl methyl sites for hydroxylation is 1. The van der Waals surface area contributed by atoms with Crippen molar-refractivity contribution in [3.63, 3.8) is 0 Å². The third-order valence-corrected chi connectivity index (χ3v) is 2.58. The van der Waals surface area contributed by atoms with Crippen molar-refractivity contribution in [1.82, 2.24) is 5.32 Å². The van der Waals surface area contributed by atoms with Crippen molar-refractivity contribution >= 4 is 5.96 Å². The van der Waals surface area contributed by atoms with Crippen LogP contribution in [0, 0.1) is 0 Å². The van der Waals surface area contributed by atoms with Gasteiger partial charge in [-0.15, -0.1) is 0 Å². The Balaban J connectivity index is 2.12. The maximum absolute atomic E-state index is 5.73. The lowest BCUT2D eigenvalue weighted by atomic mass is 10.1. The molecule has 1 aromatic carbocycles. The van der Waals surface area contributed by atoms with Crippen LogP contribution in [-0.2, 0) is 6.42 Å². The summed E-state index contributed by atoms with van der Waals surface area (Å²) in [5.41, 5.74) is 7.09. The molecule has 3 nitrogen and oxygen atoms in total. The van der Waals surface area contributed by atoms with Crippen LogP contribution in [-0.4, -0.2) is 19.0 Å². The van der Waals surface area contributed by atoms with Gasteiger partial charge in [0.25, 0.3) is 0 Å². The van der Waals surface area contributed by atoms with Gasteiger partial charge in [-0.3, -0.25) is 4.99 Å². The van der Waals surface area contributed by atoms with Gasteiger partial charge < -0.3 is 11.1 Å². The second kappa shape index (κ2) is 8.62. The van der Waals surface area contributed by atoms with Gasteiger partial charge in [-0.1, -0.05) is 43.7 Å². The highest BCUT2D eigenvalue weighted by Gasteiger charge is 1.92. The fourth-order valence-electron chi connectivity index (χ4n) is 1.58. The van der Waals surface area contributed by atoms with E-state index in [1.165, 1.54) is 12.0 Å². The highest BCUT2D eigenvalue weighted by Crippen LogP contribution is 2.01. The first-order chi connectivity index (χ1) is 8.33. The molecule has 0 atom stereocenters. The molecular weight excluding hydrogens is 210 g/mol. The molecule has 0 aromatic heterocycles. The number of rotatable bonds is 7. The standard InChI is InChI=1S/C14H23N3/c1-2-3-11-16-14(15)17-12-7-10-13-8-5-4-6-9-13/h4-6,8-9H,2-3,7,10-12H2,1H3,(H3,15,16,17). The quantitative estimate of drug-likeness (QED) is 0.431. The Hall–Kier alpha value is -1.51. The van der Waals surface area contributed by atoms with Gasteiger partial charge in [-0.05, 0) is 24.8 Å². The van der Waals surface area contributed by atoms with Gasteiger partial charge in [0.15, 0.2) is 5.96 Å². The van der Waals surface area contributed by atoms with E-state index in [1.54, 1.807) is 0 Å². The lowest BCUT2D eigenvalue weighted by Crippen LogP contribution is -2.32. The Labute approximate surface area is 104 Å². The second-order valence-corrected chi connectivity index (χ2v) is 4.14. The lowest BCUT2D eigenvalue weighted by Gasteiger charge is -2.04. The molecule has 0 radical (unpaired) electrons. The Morgan fingerprint density at radius 1 is 1.24 bits per heavy atom. The van der Waals surface area contributed by atoms with Crippen LogP contribution in [0.5, 0.6) is 0 Å². The first-order valence-electron chi connectivity index (χ1n) is 6.40. The van der Waals surface area contributed by atoms with Crippen LogP contribution in [0.25, 0.3) is 0 Å². The average molecular weight is 233 g/mol. The first-order valence-corrected chi connectivity index (χ1v) is 6.40. The number of aliphatic imine (C=N–C) groups is 1. The van der Waals surface area contributed by atoms with Gasteiger partial charge in [-0.2, -0.15) is 0 Å². The highest BCUT2D eigenvalue weighted by atomic mass is 15.1. The molecule has 0 fully saturated rings. The van der Waals surface area contributed by atoms with Gasteiger partial charge in [0.1, 0.15) is 0 Å². The molecule has 0 aliphatic heterocycles. The Morgan fingerprint density at radius 2 is 2.00 bits per heavy atom. The molecule has 3 heteroatoms. The fourth-order valence-corrected chi connectivity index (χ4v) is 1.58. The Morgan fingerprint density at radius 3 is 2.71 bits per heavy atom. The summed E-state index contributed by atoms with van der Waals surface area (Å²) in [7, 11) is 0. The van der Waals surface area contributed by atoms with E-state index in [4.69, 9.17) is 5.73 Å². The van der Waals surface area contributed by atoms with E-state index < -0.39 is 0 Å². The molecule has 0 amide bonds. The van der Waals surface area contributed by atoms with Crippen LogP contribution >= 0.6 is 0 Å². The summed E-state index contributed by atoms with van der Waals surface area (Å²) in [6, 6.07) is 10.5. The summed E-state index contributed by atoms with van der Waals surface area (Å²) in [4.78, 5) is 4.29. The normalized spacial score (nSPS) is 11.5. The van der Waals surface area contributed by atoms with E-state index >= 15 is 0 Å². The van der Waals surface area contributed by atoms with Crippen molar-refractivity contribution < 1.29 is 0 Å². The van der Waals surface area contributed by atoms with E-state index in [9.17, 15) is 0 Å². The second-order valence-electron chi connectivity index (χ2n) is 4.14. The summed E-state index contributed by atoms with van der Waals surface area (Å²) in [5.74, 6) is 0.575. The Bertz CT molecular complexity index is 319. The molecule has 0 aliphatic carbocycles. The van der Waals surface area contributed by atoms with Crippen molar-refractivity contribution in [1.29, 1.82) is 0 Å². The minimum Gasteiger partial charge on any atom is -0.370 e. The van der Waals surface area contributed by atoms with Crippen LogP contribution in [0.15, 0.2) is 35.3 Å². The van der Waals surface area contributed by atoms with Crippen LogP contribution in [0.3, 0.4) is 0 Å². The topological polar surface area (TPSA) is 50.4 Å². The molecule has 0 heterocycles. The maximum atomic E-state index is 5.73. The predicted octanol–water partition coefficient (Wildman–Crippen LogP) is 2.32. The number of unbranched alkanes of at least 4 members (excludes halogenated alkanes) is 1. The zero-order valence-electron chi connectivity index (χ0n) is 10.7. The molecule has 0 aliphatic rings. The van der Waals surface area contributed by atoms with Gasteiger partial charge in [0, 0.05) is 13.1 Å². The molecule has 94 valence electrons. The van der Waals surface area contributed by atoms with Gasteiger partial charge >= 0.3 is 0 Å². The van der Waals surface area contributed by atoms with Gasteiger partial charge in [0.05, 0.1) is 0 Å². The largest absolute Gasteiger partial charge is 0.370 e. The summed E-state index contributed by atoms with van der Waals surface area (Å²) in [6.07, 6.45) is 4.42. The van der Waals surface area contributed by atoms with E-state index in [2.05, 4.69) is 41.5 Å². The van der Waals surface area contributed by atoms with E-state index in [0.717, 1.165) is 32.4 Å². The zero-order valence-corrected chi connectivity index (χ0v) is 10.7. The van der Waals surface area contributed by atoms with E-state index in [-0.39, 0.29) is 0 Å². The molecular formula is C14H23N3. The summed E-state index contributed by atoms with van der Waals surface area (Å²) >= 11 is 0. The molecule has 0 spiro atoms. The number of hydrogen-bond donors (Lipinski definition) is 2. The average Bonchev–Trinajstić information content (AvgIpc) is 2.36. The summed E-state index contributed by atoms with van der Waals surface area (Å²) in [6.45, 7) is 3.87. The van der Waals surface area contributed by atoms with Crippen molar-refractivity contribution in [2.75, 3.05) is 13.1 Å². The molecule has 1 aromatic rings. The first kappa shape index (κ1) is 13.6. The summed E-state index contributed by atoms with van der Waals surface area (Å²) in [5, 5.41) is 3.11. The minimum absolute atomic E-state index is 0.575. The van der Waals surface area contributed by atoms with Crippen molar-refractivity contribution in [2.45, 2.75) is 32.6 Å². The molecule has 0 saturated heterocycles. The number of nitrogens with one attached hydrogen (secondary N) is 1. The summed E-state index contributed by atoms with van der Waals surface area (Å²) < 4.78 is 0. The highest BCUT2D eigenvalue weighted by molar-refractivity contribution is 5.77. The molecule has 0 unspecified atom stereocenters. The Kier molecular flexibility index (Phi) is 6.87. The van der Waals surface area contributed by atoms with E-state index in [1.807, 2.05) is 6.07 Å². The SMILES string of the molecule is CCCCNC(N)=NCCCc1ccccc1. The molecule has 0 saturated carbocycles. The maximum Gasteiger partial charge on any atom is 0.188 e.